The number of carbonyl (C=O) groups excluding carboxylic acids is 1. The van der Waals surface area contributed by atoms with Crippen molar-refractivity contribution in [1.29, 1.82) is 0 Å². The zero-order chi connectivity index (χ0) is 13.5. The normalized spacial score (nSPS) is 12.2. The van der Waals surface area contributed by atoms with Gasteiger partial charge in [-0.15, -0.1) is 0 Å². The molecule has 0 saturated carbocycles. The molecule has 3 N–H and O–H groups in total. The van der Waals surface area contributed by atoms with Crippen LogP contribution in [0.3, 0.4) is 0 Å². The average Bonchev–Trinajstić information content (AvgIpc) is 2.29. The fourth-order valence-corrected chi connectivity index (χ4v) is 2.63. The van der Waals surface area contributed by atoms with E-state index in [9.17, 15) is 4.79 Å². The second kappa shape index (κ2) is 7.54. The van der Waals surface area contributed by atoms with Crippen LogP contribution in [0.2, 0.25) is 5.02 Å². The van der Waals surface area contributed by atoms with Crippen LogP contribution < -0.4 is 11.1 Å². The van der Waals surface area contributed by atoms with E-state index >= 15 is 0 Å². The van der Waals surface area contributed by atoms with E-state index in [0.29, 0.717) is 16.3 Å². The van der Waals surface area contributed by atoms with Crippen LogP contribution in [0.4, 0.5) is 5.69 Å². The van der Waals surface area contributed by atoms with Crippen LogP contribution in [0.15, 0.2) is 18.2 Å². The Balaban J connectivity index is 2.60. The van der Waals surface area contributed by atoms with Crippen molar-refractivity contribution in [2.45, 2.75) is 26.3 Å². The first kappa shape index (κ1) is 15.2. The summed E-state index contributed by atoms with van der Waals surface area (Å²) in [6.45, 7) is 4.11. The average molecular weight is 287 g/mol. The first-order valence-corrected chi connectivity index (χ1v) is 7.52. The minimum Gasteiger partial charge on any atom is -0.398 e. The second-order valence-electron chi connectivity index (χ2n) is 4.06. The summed E-state index contributed by atoms with van der Waals surface area (Å²) in [7, 11) is 0. The van der Waals surface area contributed by atoms with Crippen molar-refractivity contribution in [2.75, 3.05) is 17.2 Å². The molecular formula is C13H19ClN2OS. The van der Waals surface area contributed by atoms with Crippen molar-refractivity contribution in [3.05, 3.63) is 28.8 Å². The van der Waals surface area contributed by atoms with E-state index < -0.39 is 0 Å². The quantitative estimate of drug-likeness (QED) is 0.624. The zero-order valence-electron chi connectivity index (χ0n) is 10.7. The lowest BCUT2D eigenvalue weighted by molar-refractivity contribution is 0.0940. The molecule has 100 valence electrons. The number of amides is 1. The van der Waals surface area contributed by atoms with Gasteiger partial charge in [0.1, 0.15) is 0 Å². The fraction of sp³-hybridized carbons (Fsp3) is 0.462. The van der Waals surface area contributed by atoms with Gasteiger partial charge in [0, 0.05) is 11.7 Å². The van der Waals surface area contributed by atoms with Crippen LogP contribution in [0.1, 0.15) is 30.6 Å². The van der Waals surface area contributed by atoms with Gasteiger partial charge in [-0.25, -0.2) is 0 Å². The van der Waals surface area contributed by atoms with E-state index in [1.54, 1.807) is 18.2 Å². The lowest BCUT2D eigenvalue weighted by Gasteiger charge is -2.15. The first-order valence-electron chi connectivity index (χ1n) is 5.98. The summed E-state index contributed by atoms with van der Waals surface area (Å²) in [4.78, 5) is 12.0. The smallest absolute Gasteiger partial charge is 0.255 e. The van der Waals surface area contributed by atoms with Crippen LogP contribution in [-0.2, 0) is 0 Å². The van der Waals surface area contributed by atoms with Gasteiger partial charge in [0.2, 0.25) is 0 Å². The molecule has 1 amide bonds. The van der Waals surface area contributed by atoms with Gasteiger partial charge in [-0.3, -0.25) is 4.79 Å². The number of anilines is 1. The Morgan fingerprint density at radius 3 is 2.89 bits per heavy atom. The standard InChI is InChI=1S/C13H19ClN2OS/c1-3-18-8-7-9(2)16-13(17)12-10(14)5-4-6-11(12)15/h4-6,9H,3,7-8,15H2,1-2H3,(H,16,17). The summed E-state index contributed by atoms with van der Waals surface area (Å²) >= 11 is 7.85. The van der Waals surface area contributed by atoms with Crippen molar-refractivity contribution in [3.63, 3.8) is 0 Å². The molecule has 1 atom stereocenters. The van der Waals surface area contributed by atoms with Gasteiger partial charge in [0.15, 0.2) is 0 Å². The Kier molecular flexibility index (Phi) is 6.36. The molecule has 0 heterocycles. The molecule has 18 heavy (non-hydrogen) atoms. The molecule has 0 fully saturated rings. The Labute approximate surface area is 117 Å². The molecule has 5 heteroatoms. The van der Waals surface area contributed by atoms with Crippen molar-refractivity contribution in [1.82, 2.24) is 5.32 Å². The molecule has 1 aromatic carbocycles. The highest BCUT2D eigenvalue weighted by molar-refractivity contribution is 7.99. The summed E-state index contributed by atoms with van der Waals surface area (Å²) in [5.41, 5.74) is 6.55. The van der Waals surface area contributed by atoms with E-state index in [2.05, 4.69) is 12.2 Å². The highest BCUT2D eigenvalue weighted by Gasteiger charge is 2.15. The number of hydrogen-bond acceptors (Lipinski definition) is 3. The highest BCUT2D eigenvalue weighted by Crippen LogP contribution is 2.21. The number of nitrogen functional groups attached to an aromatic ring is 1. The van der Waals surface area contributed by atoms with Crippen molar-refractivity contribution < 1.29 is 4.79 Å². The number of nitrogens with one attached hydrogen (secondary N) is 1. The number of thioether (sulfide) groups is 1. The third kappa shape index (κ3) is 4.42. The minimum atomic E-state index is -0.202. The Morgan fingerprint density at radius 2 is 2.28 bits per heavy atom. The molecule has 1 unspecified atom stereocenters. The van der Waals surface area contributed by atoms with Crippen molar-refractivity contribution >= 4 is 35.0 Å². The van der Waals surface area contributed by atoms with E-state index in [1.165, 1.54) is 0 Å². The van der Waals surface area contributed by atoms with Gasteiger partial charge in [0.25, 0.3) is 5.91 Å². The Morgan fingerprint density at radius 1 is 1.56 bits per heavy atom. The third-order valence-electron chi connectivity index (χ3n) is 2.55. The van der Waals surface area contributed by atoms with Crippen LogP contribution >= 0.6 is 23.4 Å². The predicted molar refractivity (Wildman–Crippen MR) is 80.4 cm³/mol. The minimum absolute atomic E-state index is 0.118. The molecule has 0 saturated heterocycles. The lowest BCUT2D eigenvalue weighted by Crippen LogP contribution is -2.33. The van der Waals surface area contributed by atoms with Gasteiger partial charge in [0.05, 0.1) is 10.6 Å². The first-order chi connectivity index (χ1) is 8.56. The molecule has 0 aliphatic heterocycles. The van der Waals surface area contributed by atoms with E-state index in [1.807, 2.05) is 18.7 Å². The maximum Gasteiger partial charge on any atom is 0.255 e. The number of nitrogens with two attached hydrogens (primary N) is 1. The predicted octanol–water partition coefficient (Wildman–Crippen LogP) is 3.18. The molecular weight excluding hydrogens is 268 g/mol. The molecule has 0 bridgehead atoms. The second-order valence-corrected chi connectivity index (χ2v) is 5.87. The van der Waals surface area contributed by atoms with E-state index in [0.717, 1.165) is 17.9 Å². The summed E-state index contributed by atoms with van der Waals surface area (Å²) in [5, 5.41) is 3.31. The maximum atomic E-state index is 12.0. The van der Waals surface area contributed by atoms with Gasteiger partial charge in [-0.2, -0.15) is 11.8 Å². The highest BCUT2D eigenvalue weighted by atomic mass is 35.5. The molecule has 0 aliphatic carbocycles. The van der Waals surface area contributed by atoms with Crippen LogP contribution in [0, 0.1) is 0 Å². The summed E-state index contributed by atoms with van der Waals surface area (Å²) in [6, 6.07) is 5.20. The molecule has 3 nitrogen and oxygen atoms in total. The van der Waals surface area contributed by atoms with Gasteiger partial charge in [-0.1, -0.05) is 24.6 Å². The molecule has 0 aromatic heterocycles. The maximum absolute atomic E-state index is 12.0. The zero-order valence-corrected chi connectivity index (χ0v) is 12.3. The SMILES string of the molecule is CCSCCC(C)NC(=O)c1c(N)cccc1Cl. The van der Waals surface area contributed by atoms with Crippen molar-refractivity contribution in [3.8, 4) is 0 Å². The number of carbonyl (C=O) groups is 1. The van der Waals surface area contributed by atoms with Crippen LogP contribution in [0.5, 0.6) is 0 Å². The topological polar surface area (TPSA) is 55.1 Å². The van der Waals surface area contributed by atoms with Gasteiger partial charge >= 0.3 is 0 Å². The molecule has 1 rings (SSSR count). The van der Waals surface area contributed by atoms with Gasteiger partial charge < -0.3 is 11.1 Å². The molecule has 1 aromatic rings. The monoisotopic (exact) mass is 286 g/mol. The summed E-state index contributed by atoms with van der Waals surface area (Å²) in [5.74, 6) is 1.93. The number of rotatable bonds is 6. The molecule has 0 radical (unpaired) electrons. The lowest BCUT2D eigenvalue weighted by atomic mass is 10.1. The summed E-state index contributed by atoms with van der Waals surface area (Å²) < 4.78 is 0. The van der Waals surface area contributed by atoms with E-state index in [4.69, 9.17) is 17.3 Å². The number of hydrogen-bond donors (Lipinski definition) is 2. The Hall–Kier alpha value is -0.870. The summed E-state index contributed by atoms with van der Waals surface area (Å²) in [6.07, 6.45) is 0.939. The van der Waals surface area contributed by atoms with E-state index in [-0.39, 0.29) is 11.9 Å². The molecule has 0 aliphatic rings. The number of halogens is 1. The third-order valence-corrected chi connectivity index (χ3v) is 3.80. The van der Waals surface area contributed by atoms with Crippen molar-refractivity contribution in [2.24, 2.45) is 0 Å². The Bertz CT molecular complexity index is 392. The molecule has 0 spiro atoms. The van der Waals surface area contributed by atoms with Crippen LogP contribution in [0.25, 0.3) is 0 Å². The fourth-order valence-electron chi connectivity index (χ4n) is 1.55. The number of benzene rings is 1. The van der Waals surface area contributed by atoms with Gasteiger partial charge in [-0.05, 0) is 37.0 Å². The van der Waals surface area contributed by atoms with Crippen LogP contribution in [-0.4, -0.2) is 23.5 Å². The largest absolute Gasteiger partial charge is 0.398 e.